The van der Waals surface area contributed by atoms with E-state index in [1.165, 1.54) is 11.0 Å². The molecule has 2 rings (SSSR count). The second-order valence-corrected chi connectivity index (χ2v) is 5.58. The Hall–Kier alpha value is -3.08. The largest absolute Gasteiger partial charge is 0.497 e. The molecule has 0 aliphatic rings. The number of rotatable bonds is 6. The fourth-order valence-corrected chi connectivity index (χ4v) is 2.25. The number of amides is 1. The van der Waals surface area contributed by atoms with Gasteiger partial charge in [0.1, 0.15) is 11.5 Å². The van der Waals surface area contributed by atoms with Gasteiger partial charge in [0.15, 0.2) is 5.78 Å². The smallest absolute Gasteiger partial charge is 0.253 e. The summed E-state index contributed by atoms with van der Waals surface area (Å²) in [7, 11) is 6.52. The van der Waals surface area contributed by atoms with Crippen molar-refractivity contribution in [3.8, 4) is 11.5 Å². The predicted molar refractivity (Wildman–Crippen MR) is 97.4 cm³/mol. The minimum absolute atomic E-state index is 0.0995. The Labute approximate surface area is 147 Å². The highest BCUT2D eigenvalue weighted by atomic mass is 16.5. The van der Waals surface area contributed by atoms with E-state index in [9.17, 15) is 9.59 Å². The van der Waals surface area contributed by atoms with Crippen LogP contribution in [0.5, 0.6) is 11.5 Å². The van der Waals surface area contributed by atoms with Gasteiger partial charge in [-0.25, -0.2) is 0 Å². The Bertz CT molecular complexity index is 792. The molecule has 0 saturated carbocycles. The van der Waals surface area contributed by atoms with Crippen LogP contribution in [-0.2, 0) is 0 Å². The van der Waals surface area contributed by atoms with Gasteiger partial charge < -0.3 is 14.4 Å². The molecule has 25 heavy (non-hydrogen) atoms. The number of carbonyl (C=O) groups excluding carboxylic acids is 2. The molecule has 0 saturated heterocycles. The van der Waals surface area contributed by atoms with Gasteiger partial charge in [0.25, 0.3) is 5.91 Å². The number of allylic oxidation sites excluding steroid dienone is 1. The summed E-state index contributed by atoms with van der Waals surface area (Å²) in [6.07, 6.45) is 3.17. The van der Waals surface area contributed by atoms with Crippen LogP contribution in [0, 0.1) is 0 Å². The first-order valence-corrected chi connectivity index (χ1v) is 7.72. The van der Waals surface area contributed by atoms with E-state index in [0.29, 0.717) is 22.6 Å². The monoisotopic (exact) mass is 339 g/mol. The van der Waals surface area contributed by atoms with Crippen LogP contribution in [0.2, 0.25) is 0 Å². The normalized spacial score (nSPS) is 10.6. The van der Waals surface area contributed by atoms with Crippen LogP contribution in [-0.4, -0.2) is 44.9 Å². The van der Waals surface area contributed by atoms with E-state index >= 15 is 0 Å². The van der Waals surface area contributed by atoms with Gasteiger partial charge in [-0.15, -0.1) is 0 Å². The Balaban J connectivity index is 2.16. The fourth-order valence-electron chi connectivity index (χ4n) is 2.25. The van der Waals surface area contributed by atoms with Gasteiger partial charge in [-0.2, -0.15) is 0 Å². The molecule has 0 heterocycles. The maximum absolute atomic E-state index is 12.3. The highest BCUT2D eigenvalue weighted by molar-refractivity contribution is 6.07. The van der Waals surface area contributed by atoms with E-state index in [1.54, 1.807) is 70.8 Å². The van der Waals surface area contributed by atoms with Crippen molar-refractivity contribution in [2.24, 2.45) is 0 Å². The van der Waals surface area contributed by atoms with Gasteiger partial charge in [-0.1, -0.05) is 12.1 Å². The van der Waals surface area contributed by atoms with Crippen molar-refractivity contribution in [3.63, 3.8) is 0 Å². The maximum Gasteiger partial charge on any atom is 0.253 e. The summed E-state index contributed by atoms with van der Waals surface area (Å²) in [6.45, 7) is 0. The molecule has 0 radical (unpaired) electrons. The van der Waals surface area contributed by atoms with Crippen LogP contribution in [0.15, 0.2) is 48.5 Å². The zero-order valence-electron chi connectivity index (χ0n) is 14.8. The lowest BCUT2D eigenvalue weighted by Gasteiger charge is -2.10. The summed E-state index contributed by atoms with van der Waals surface area (Å²) < 4.78 is 10.5. The lowest BCUT2D eigenvalue weighted by Crippen LogP contribution is -2.21. The average molecular weight is 339 g/mol. The highest BCUT2D eigenvalue weighted by Crippen LogP contribution is 2.25. The van der Waals surface area contributed by atoms with Gasteiger partial charge in [-0.3, -0.25) is 9.59 Å². The summed E-state index contributed by atoms with van der Waals surface area (Å²) in [5.41, 5.74) is 1.83. The van der Waals surface area contributed by atoms with Gasteiger partial charge in [-0.05, 0) is 36.4 Å². The third kappa shape index (κ3) is 4.47. The first kappa shape index (κ1) is 18.3. The zero-order valence-corrected chi connectivity index (χ0v) is 14.8. The molecule has 2 aromatic carbocycles. The Kier molecular flexibility index (Phi) is 5.95. The van der Waals surface area contributed by atoms with Gasteiger partial charge in [0.05, 0.1) is 14.2 Å². The second-order valence-electron chi connectivity index (χ2n) is 5.58. The zero-order chi connectivity index (χ0) is 18.4. The number of hydrogen-bond donors (Lipinski definition) is 0. The molecule has 0 aliphatic carbocycles. The van der Waals surface area contributed by atoms with Crippen LogP contribution in [0.1, 0.15) is 26.3 Å². The second kappa shape index (κ2) is 8.15. The number of carbonyl (C=O) groups is 2. The molecule has 0 atom stereocenters. The molecule has 2 aromatic rings. The molecule has 0 fully saturated rings. The first-order valence-electron chi connectivity index (χ1n) is 7.72. The molecule has 0 bridgehead atoms. The fraction of sp³-hybridized carbons (Fsp3) is 0.200. The number of ketones is 1. The quantitative estimate of drug-likeness (QED) is 0.598. The highest BCUT2D eigenvalue weighted by Gasteiger charge is 2.09. The minimum atomic E-state index is -0.151. The summed E-state index contributed by atoms with van der Waals surface area (Å²) in [5.74, 6) is 1.05. The van der Waals surface area contributed by atoms with Crippen LogP contribution in [0.25, 0.3) is 6.08 Å². The summed E-state index contributed by atoms with van der Waals surface area (Å²) in [4.78, 5) is 25.7. The molecule has 130 valence electrons. The standard InChI is InChI=1S/C20H21NO4/c1-21(2)20(23)16-7-5-14(6-8-16)18(22)12-10-15-9-11-17(24-3)13-19(15)25-4/h5-13H,1-4H3. The molecule has 5 heteroatoms. The number of hydrogen-bond acceptors (Lipinski definition) is 4. The topological polar surface area (TPSA) is 55.8 Å². The molecule has 0 aliphatic heterocycles. The van der Waals surface area contributed by atoms with E-state index in [1.807, 2.05) is 6.07 Å². The minimum Gasteiger partial charge on any atom is -0.497 e. The number of ether oxygens (including phenoxy) is 2. The molecule has 1 amide bonds. The average Bonchev–Trinajstić information content (AvgIpc) is 2.65. The van der Waals surface area contributed by atoms with Gasteiger partial charge in [0, 0.05) is 36.9 Å². The van der Waals surface area contributed by atoms with Crippen molar-refractivity contribution in [2.75, 3.05) is 28.3 Å². The predicted octanol–water partition coefficient (Wildman–Crippen LogP) is 3.30. The van der Waals surface area contributed by atoms with Crippen molar-refractivity contribution < 1.29 is 19.1 Å². The molecule has 0 spiro atoms. The van der Waals surface area contributed by atoms with Crippen molar-refractivity contribution in [3.05, 3.63) is 65.2 Å². The lowest BCUT2D eigenvalue weighted by atomic mass is 10.1. The summed E-state index contributed by atoms with van der Waals surface area (Å²) in [5, 5.41) is 0. The van der Waals surface area contributed by atoms with E-state index in [-0.39, 0.29) is 11.7 Å². The summed E-state index contributed by atoms with van der Waals surface area (Å²) >= 11 is 0. The third-order valence-corrected chi connectivity index (χ3v) is 3.68. The van der Waals surface area contributed by atoms with E-state index in [0.717, 1.165) is 5.56 Å². The van der Waals surface area contributed by atoms with Gasteiger partial charge >= 0.3 is 0 Å². The number of benzene rings is 2. The van der Waals surface area contributed by atoms with Gasteiger partial charge in [0.2, 0.25) is 0 Å². The van der Waals surface area contributed by atoms with Crippen molar-refractivity contribution in [1.82, 2.24) is 4.90 Å². The molecule has 0 N–H and O–H groups in total. The van der Waals surface area contributed by atoms with Crippen molar-refractivity contribution >= 4 is 17.8 Å². The Morgan fingerprint density at radius 2 is 1.56 bits per heavy atom. The molecule has 0 aromatic heterocycles. The van der Waals surface area contributed by atoms with E-state index < -0.39 is 0 Å². The Morgan fingerprint density at radius 3 is 2.12 bits per heavy atom. The number of methoxy groups -OCH3 is 2. The van der Waals surface area contributed by atoms with Crippen LogP contribution in [0.3, 0.4) is 0 Å². The summed E-state index contributed by atoms with van der Waals surface area (Å²) in [6, 6.07) is 12.0. The first-order chi connectivity index (χ1) is 12.0. The van der Waals surface area contributed by atoms with Crippen molar-refractivity contribution in [2.45, 2.75) is 0 Å². The van der Waals surface area contributed by atoms with E-state index in [4.69, 9.17) is 9.47 Å². The maximum atomic E-state index is 12.3. The van der Waals surface area contributed by atoms with Crippen molar-refractivity contribution in [1.29, 1.82) is 0 Å². The molecule has 5 nitrogen and oxygen atoms in total. The van der Waals surface area contributed by atoms with E-state index in [2.05, 4.69) is 0 Å². The molecular formula is C20H21NO4. The molecular weight excluding hydrogens is 318 g/mol. The molecule has 0 unspecified atom stereocenters. The van der Waals surface area contributed by atoms with Crippen LogP contribution < -0.4 is 9.47 Å². The number of nitrogens with zero attached hydrogens (tertiary/aromatic N) is 1. The van der Waals surface area contributed by atoms with Crippen LogP contribution >= 0.6 is 0 Å². The third-order valence-electron chi connectivity index (χ3n) is 3.68. The van der Waals surface area contributed by atoms with Crippen LogP contribution in [0.4, 0.5) is 0 Å². The Morgan fingerprint density at radius 1 is 0.920 bits per heavy atom. The SMILES string of the molecule is COc1ccc(C=CC(=O)c2ccc(C(=O)N(C)C)cc2)c(OC)c1. The lowest BCUT2D eigenvalue weighted by molar-refractivity contribution is 0.0827.